The number of hydrogen-bond acceptors (Lipinski definition) is 5. The minimum Gasteiger partial charge on any atom is -0.306 e. The maximum Gasteiger partial charge on any atom is 0.0776 e. The fraction of sp³-hybridized carbons (Fsp3) is 0.583. The Labute approximate surface area is 111 Å². The number of nitrogens with one attached hydrogen (secondary N) is 1. The van der Waals surface area contributed by atoms with E-state index in [9.17, 15) is 0 Å². The third-order valence-corrected chi connectivity index (χ3v) is 3.69. The molecule has 0 aliphatic carbocycles. The lowest BCUT2D eigenvalue weighted by Gasteiger charge is -2.14. The molecule has 0 aromatic carbocycles. The molecule has 0 saturated carbocycles. The van der Waals surface area contributed by atoms with Gasteiger partial charge in [0.15, 0.2) is 0 Å². The molecule has 2 rings (SSSR count). The van der Waals surface area contributed by atoms with Crippen LogP contribution in [0.3, 0.4) is 0 Å². The Morgan fingerprint density at radius 2 is 2.28 bits per heavy atom. The molecule has 5 nitrogen and oxygen atoms in total. The number of aromatic nitrogens is 4. The van der Waals surface area contributed by atoms with Gasteiger partial charge < -0.3 is 5.32 Å². The van der Waals surface area contributed by atoms with Crippen molar-refractivity contribution in [3.63, 3.8) is 0 Å². The van der Waals surface area contributed by atoms with Crippen LogP contribution in [0.1, 0.15) is 42.4 Å². The van der Waals surface area contributed by atoms with Crippen molar-refractivity contribution in [1.82, 2.24) is 24.7 Å². The van der Waals surface area contributed by atoms with Gasteiger partial charge in [-0.3, -0.25) is 4.68 Å². The molecule has 18 heavy (non-hydrogen) atoms. The second-order valence-corrected chi connectivity index (χ2v) is 5.04. The van der Waals surface area contributed by atoms with Crippen LogP contribution in [0.5, 0.6) is 0 Å². The third kappa shape index (κ3) is 2.76. The Bertz CT molecular complexity index is 490. The molecule has 2 aromatic heterocycles. The van der Waals surface area contributed by atoms with Gasteiger partial charge in [-0.15, -0.1) is 5.10 Å². The molecule has 0 bridgehead atoms. The molecular formula is C12H19N5S. The van der Waals surface area contributed by atoms with Gasteiger partial charge >= 0.3 is 0 Å². The maximum atomic E-state index is 4.39. The molecule has 1 unspecified atom stereocenters. The fourth-order valence-electron chi connectivity index (χ4n) is 1.95. The van der Waals surface area contributed by atoms with Crippen molar-refractivity contribution in [2.45, 2.75) is 39.8 Å². The summed E-state index contributed by atoms with van der Waals surface area (Å²) in [6, 6.07) is 0.153. The van der Waals surface area contributed by atoms with Gasteiger partial charge in [-0.2, -0.15) is 5.10 Å². The number of rotatable bonds is 6. The fourth-order valence-corrected chi connectivity index (χ4v) is 2.70. The van der Waals surface area contributed by atoms with Crippen LogP contribution in [0.25, 0.3) is 0 Å². The quantitative estimate of drug-likeness (QED) is 0.869. The molecule has 0 amide bonds. The molecule has 2 heterocycles. The van der Waals surface area contributed by atoms with Crippen molar-refractivity contribution in [3.8, 4) is 0 Å². The largest absolute Gasteiger partial charge is 0.306 e. The lowest BCUT2D eigenvalue weighted by atomic mass is 10.1. The monoisotopic (exact) mass is 265 g/mol. The Hall–Kier alpha value is -1.27. The van der Waals surface area contributed by atoms with Gasteiger partial charge in [0.2, 0.25) is 0 Å². The first-order valence-electron chi connectivity index (χ1n) is 6.30. The predicted octanol–water partition coefficient (Wildman–Crippen LogP) is 2.15. The molecule has 0 aliphatic heterocycles. The smallest absolute Gasteiger partial charge is 0.0776 e. The maximum absolute atomic E-state index is 4.39. The van der Waals surface area contributed by atoms with Crippen LogP contribution in [0.15, 0.2) is 12.4 Å². The molecule has 0 saturated heterocycles. The van der Waals surface area contributed by atoms with E-state index < -0.39 is 0 Å². The van der Waals surface area contributed by atoms with Gasteiger partial charge in [0, 0.05) is 18.3 Å². The van der Waals surface area contributed by atoms with Crippen molar-refractivity contribution in [3.05, 3.63) is 28.5 Å². The summed E-state index contributed by atoms with van der Waals surface area (Å²) in [5, 5.41) is 12.0. The normalized spacial score (nSPS) is 12.8. The Balaban J connectivity index is 2.26. The summed E-state index contributed by atoms with van der Waals surface area (Å²) in [6.07, 6.45) is 5.13. The average Bonchev–Trinajstić information content (AvgIpc) is 2.96. The first-order chi connectivity index (χ1) is 8.76. The zero-order valence-electron chi connectivity index (χ0n) is 11.1. The molecule has 98 valence electrons. The highest BCUT2D eigenvalue weighted by Crippen LogP contribution is 2.26. The van der Waals surface area contributed by atoms with E-state index in [2.05, 4.69) is 40.0 Å². The first kappa shape index (κ1) is 13.2. The highest BCUT2D eigenvalue weighted by atomic mass is 32.1. The highest BCUT2D eigenvalue weighted by molar-refractivity contribution is 7.05. The van der Waals surface area contributed by atoms with Crippen LogP contribution in [0.4, 0.5) is 0 Å². The summed E-state index contributed by atoms with van der Waals surface area (Å²) < 4.78 is 6.01. The molecule has 6 heteroatoms. The highest BCUT2D eigenvalue weighted by Gasteiger charge is 2.19. The lowest BCUT2D eigenvalue weighted by molar-refractivity contribution is 0.598. The summed E-state index contributed by atoms with van der Waals surface area (Å²) >= 11 is 1.45. The van der Waals surface area contributed by atoms with Gasteiger partial charge in [-0.1, -0.05) is 18.3 Å². The second-order valence-electron chi connectivity index (χ2n) is 4.25. The van der Waals surface area contributed by atoms with E-state index in [1.807, 2.05) is 17.8 Å². The Kier molecular flexibility index (Phi) is 4.43. The van der Waals surface area contributed by atoms with E-state index in [4.69, 9.17) is 0 Å². The van der Waals surface area contributed by atoms with Crippen molar-refractivity contribution in [2.24, 2.45) is 0 Å². The molecule has 2 aromatic rings. The summed E-state index contributed by atoms with van der Waals surface area (Å²) in [6.45, 7) is 8.12. The zero-order chi connectivity index (χ0) is 13.0. The van der Waals surface area contributed by atoms with E-state index in [0.29, 0.717) is 0 Å². The first-order valence-corrected chi connectivity index (χ1v) is 7.08. The van der Waals surface area contributed by atoms with Gasteiger partial charge in [0.05, 0.1) is 22.8 Å². The predicted molar refractivity (Wildman–Crippen MR) is 72.7 cm³/mol. The molecule has 0 spiro atoms. The number of hydrogen-bond donors (Lipinski definition) is 1. The van der Waals surface area contributed by atoms with Crippen molar-refractivity contribution in [1.29, 1.82) is 0 Å². The van der Waals surface area contributed by atoms with Crippen LogP contribution in [0, 0.1) is 6.92 Å². The molecule has 1 atom stereocenters. The van der Waals surface area contributed by atoms with E-state index >= 15 is 0 Å². The van der Waals surface area contributed by atoms with Crippen molar-refractivity contribution >= 4 is 11.5 Å². The van der Waals surface area contributed by atoms with E-state index in [1.165, 1.54) is 22.0 Å². The standard InChI is InChI=1S/C12H19N5S/c1-4-6-17-8-10(7-14-17)11(13-5-2)12-9(3)15-16-18-12/h7-8,11,13H,4-6H2,1-3H3. The minimum absolute atomic E-state index is 0.153. The van der Waals surface area contributed by atoms with Crippen LogP contribution in [-0.2, 0) is 6.54 Å². The molecule has 0 aliphatic rings. The van der Waals surface area contributed by atoms with E-state index in [-0.39, 0.29) is 6.04 Å². The zero-order valence-corrected chi connectivity index (χ0v) is 11.9. The summed E-state index contributed by atoms with van der Waals surface area (Å²) in [4.78, 5) is 1.17. The second kappa shape index (κ2) is 6.06. The summed E-state index contributed by atoms with van der Waals surface area (Å²) in [7, 11) is 0. The topological polar surface area (TPSA) is 55.6 Å². The lowest BCUT2D eigenvalue weighted by Crippen LogP contribution is -2.21. The van der Waals surface area contributed by atoms with Crippen LogP contribution in [0.2, 0.25) is 0 Å². The Morgan fingerprint density at radius 1 is 1.44 bits per heavy atom. The van der Waals surface area contributed by atoms with Crippen LogP contribution in [-0.4, -0.2) is 25.9 Å². The van der Waals surface area contributed by atoms with Gasteiger partial charge in [-0.05, 0) is 31.4 Å². The molecule has 0 radical (unpaired) electrons. The SMILES string of the molecule is CCCn1cc(C(NCC)c2snnc2C)cn1. The van der Waals surface area contributed by atoms with Crippen LogP contribution >= 0.6 is 11.5 Å². The molecular weight excluding hydrogens is 246 g/mol. The molecule has 1 N–H and O–H groups in total. The third-order valence-electron chi connectivity index (χ3n) is 2.80. The summed E-state index contributed by atoms with van der Waals surface area (Å²) in [5.41, 5.74) is 2.17. The number of nitrogens with zero attached hydrogens (tertiary/aromatic N) is 4. The van der Waals surface area contributed by atoms with E-state index in [1.54, 1.807) is 0 Å². The molecule has 0 fully saturated rings. The van der Waals surface area contributed by atoms with Crippen molar-refractivity contribution < 1.29 is 0 Å². The van der Waals surface area contributed by atoms with Gasteiger partial charge in [0.25, 0.3) is 0 Å². The van der Waals surface area contributed by atoms with E-state index in [0.717, 1.165) is 25.2 Å². The van der Waals surface area contributed by atoms with Crippen molar-refractivity contribution in [2.75, 3.05) is 6.54 Å². The van der Waals surface area contributed by atoms with Gasteiger partial charge in [0.1, 0.15) is 0 Å². The average molecular weight is 265 g/mol. The summed E-state index contributed by atoms with van der Waals surface area (Å²) in [5.74, 6) is 0. The minimum atomic E-state index is 0.153. The number of aryl methyl sites for hydroxylation is 2. The Morgan fingerprint density at radius 3 is 2.89 bits per heavy atom. The van der Waals surface area contributed by atoms with Crippen LogP contribution < -0.4 is 5.32 Å². The van der Waals surface area contributed by atoms with Gasteiger partial charge in [-0.25, -0.2) is 0 Å².